The molecule has 0 bridgehead atoms. The van der Waals surface area contributed by atoms with E-state index in [1.807, 2.05) is 322 Å². The summed E-state index contributed by atoms with van der Waals surface area (Å²) >= 11 is 0. The molecule has 660 valence electrons. The first-order valence-corrected chi connectivity index (χ1v) is 44.5. The maximum absolute atomic E-state index is 12.8. The molecule has 0 spiro atoms. The number of anilines is 1. The van der Waals surface area contributed by atoms with Crippen molar-refractivity contribution in [3.63, 3.8) is 0 Å². The van der Waals surface area contributed by atoms with E-state index in [0.29, 0.717) is 51.4 Å². The third kappa shape index (κ3) is 22.8. The number of carbonyl (C=O) groups is 1. The highest BCUT2D eigenvalue weighted by atomic mass is 16.3. The van der Waals surface area contributed by atoms with E-state index in [0.717, 1.165) is 141 Å². The second-order valence-electron chi connectivity index (χ2n) is 31.9. The fourth-order valence-corrected chi connectivity index (χ4v) is 16.0. The maximum atomic E-state index is 12.8. The van der Waals surface area contributed by atoms with E-state index in [9.17, 15) is 35.4 Å². The first kappa shape index (κ1) is 89.8. The van der Waals surface area contributed by atoms with Crippen LogP contribution in [0.2, 0.25) is 0 Å². The van der Waals surface area contributed by atoms with E-state index in [1.54, 1.807) is 73.1 Å². The van der Waals surface area contributed by atoms with Gasteiger partial charge in [0, 0.05) is 72.1 Å². The Morgan fingerprint density at radius 2 is 0.662 bits per heavy atom. The molecular weight excluding hydrogens is 1680 g/mol. The number of carbonyl (C=O) groups excluding carboxylic acids is 1. The number of nitrogens with one attached hydrogen (secondary N) is 1. The minimum absolute atomic E-state index is 0.148. The average Bonchev–Trinajstić information content (AvgIpc) is 1.72. The van der Waals surface area contributed by atoms with Crippen LogP contribution >= 0.6 is 0 Å². The number of nitrogens with zero attached hydrogens (tertiary/aromatic N) is 8. The summed E-state index contributed by atoms with van der Waals surface area (Å²) in [5.41, 5.74) is 9.21. The highest BCUT2D eigenvalue weighted by Crippen LogP contribution is 2.34. The predicted molar refractivity (Wildman–Crippen MR) is 548 cm³/mol. The minimum Gasteiger partial charge on any atom is -0.858 e. The second-order valence-corrected chi connectivity index (χ2v) is 31.9. The van der Waals surface area contributed by atoms with Crippen molar-refractivity contribution in [3.8, 4) is 0 Å². The van der Waals surface area contributed by atoms with E-state index in [-0.39, 0.29) is 41.3 Å². The molecule has 0 unspecified atom stereocenters. The molecule has 0 atom stereocenters. The lowest BCUT2D eigenvalue weighted by Gasteiger charge is -2.17. The molecule has 5 aliphatic rings. The van der Waals surface area contributed by atoms with Gasteiger partial charge in [-0.1, -0.05) is 340 Å². The van der Waals surface area contributed by atoms with Crippen molar-refractivity contribution in [1.29, 1.82) is 0 Å². The summed E-state index contributed by atoms with van der Waals surface area (Å²) < 4.78 is 0. The molecule has 0 aliphatic heterocycles. The molecule has 23 rings (SSSR count). The number of aromatic nitrogens is 2. The largest absolute Gasteiger partial charge is 0.858 e. The van der Waals surface area contributed by atoms with Crippen molar-refractivity contribution in [2.75, 3.05) is 5.32 Å². The van der Waals surface area contributed by atoms with E-state index in [4.69, 9.17) is 0 Å². The smallest absolute Gasteiger partial charge is 0.274 e. The van der Waals surface area contributed by atoms with E-state index in [1.165, 1.54) is 16.2 Å². The van der Waals surface area contributed by atoms with Crippen molar-refractivity contribution in [3.05, 3.63) is 523 Å². The Morgan fingerprint density at radius 1 is 0.257 bits per heavy atom. The Bertz CT molecular complexity index is 7950. The number of benzene rings is 16. The normalized spacial score (nSPS) is 13.8. The lowest BCUT2D eigenvalue weighted by Crippen LogP contribution is -2.20. The van der Waals surface area contributed by atoms with Crippen LogP contribution in [-0.2, 0) is 0 Å². The average molecular weight is 1770 g/mol. The maximum Gasteiger partial charge on any atom is 0.274 e. The van der Waals surface area contributed by atoms with Crippen LogP contribution in [0.1, 0.15) is 70.4 Å². The lowest BCUT2D eigenvalue weighted by molar-refractivity contribution is -0.213. The zero-order chi connectivity index (χ0) is 93.2. The van der Waals surface area contributed by atoms with Crippen LogP contribution in [0.4, 0.5) is 17.2 Å². The summed E-state index contributed by atoms with van der Waals surface area (Å²) in [6.07, 6.45) is 35.8. The van der Waals surface area contributed by atoms with Gasteiger partial charge in [-0.3, -0.25) is 34.7 Å². The number of rotatable bonds is 14. The molecule has 16 nitrogen and oxygen atoms in total. The number of allylic oxidation sites excluding steroid dienone is 15. The minimum atomic E-state index is -0.269. The van der Waals surface area contributed by atoms with Gasteiger partial charge in [0.05, 0.1) is 5.69 Å². The van der Waals surface area contributed by atoms with Crippen LogP contribution in [0, 0.1) is 0 Å². The summed E-state index contributed by atoms with van der Waals surface area (Å²) in [7, 11) is 0. The first-order chi connectivity index (χ1) is 66.8. The van der Waals surface area contributed by atoms with Gasteiger partial charge in [0.2, 0.25) is 0 Å². The first-order valence-electron chi connectivity index (χ1n) is 44.5. The molecular formula is C120H87N9O7-6. The monoisotopic (exact) mass is 1770 g/mol. The predicted octanol–water partition coefficient (Wildman–Crippen LogP) is 22.7. The molecule has 136 heavy (non-hydrogen) atoms. The van der Waals surface area contributed by atoms with Crippen LogP contribution < -0.4 is 36.0 Å². The van der Waals surface area contributed by atoms with Gasteiger partial charge in [0.25, 0.3) is 5.91 Å². The summed E-state index contributed by atoms with van der Waals surface area (Å²) in [6, 6.07) is 115. The van der Waals surface area contributed by atoms with Crippen molar-refractivity contribution >= 4 is 155 Å². The Morgan fingerprint density at radius 3 is 1.20 bits per heavy atom. The van der Waals surface area contributed by atoms with Crippen LogP contribution in [0.3, 0.4) is 0 Å². The number of para-hydroxylation sites is 1. The Hall–Kier alpha value is -18.2. The molecule has 1 amide bonds. The highest BCUT2D eigenvalue weighted by Gasteiger charge is 2.14. The van der Waals surface area contributed by atoms with Crippen LogP contribution in [-0.4, -0.2) is 51.3 Å². The van der Waals surface area contributed by atoms with Crippen LogP contribution in [0.25, 0.3) is 97.0 Å². The number of hydrogen-bond acceptors (Lipinski definition) is 15. The molecule has 2 heterocycles. The number of hydrogen-bond donors (Lipinski definition) is 1. The molecule has 0 fully saturated rings. The van der Waals surface area contributed by atoms with Gasteiger partial charge < -0.3 is 36.0 Å². The van der Waals surface area contributed by atoms with Gasteiger partial charge >= 0.3 is 0 Å². The molecule has 1 N–H and O–H groups in total. The molecule has 5 aliphatic carbocycles. The molecule has 16 aromatic carbocycles. The van der Waals surface area contributed by atoms with E-state index in [2.05, 4.69) is 112 Å². The van der Waals surface area contributed by atoms with E-state index < -0.39 is 0 Å². The molecule has 0 radical (unpaired) electrons. The van der Waals surface area contributed by atoms with Crippen LogP contribution in [0.5, 0.6) is 0 Å². The summed E-state index contributed by atoms with van der Waals surface area (Å²) in [6.45, 7) is 0. The zero-order valence-corrected chi connectivity index (χ0v) is 73.8. The van der Waals surface area contributed by atoms with Gasteiger partial charge in [-0.05, 0) is 276 Å². The summed E-state index contributed by atoms with van der Waals surface area (Å²) in [4.78, 5) is 44.6. The second kappa shape index (κ2) is 44.0. The lowest BCUT2D eigenvalue weighted by atomic mass is 9.96. The Labute approximate surface area is 786 Å². The third-order valence-electron chi connectivity index (χ3n) is 22.7. The van der Waals surface area contributed by atoms with E-state index >= 15 is 0 Å². The van der Waals surface area contributed by atoms with Crippen molar-refractivity contribution in [1.82, 2.24) is 9.97 Å². The van der Waals surface area contributed by atoms with Gasteiger partial charge in [0.1, 0.15) is 5.69 Å². The number of amides is 1. The number of pyridine rings is 2. The SMILES string of the molecule is O=C(Nc1ccccc1)c1ccccn1.[O-]C(=NC1=CC=CC1)c1c2ccccc2cc2ccccc12.[O-]C(=NC1=CC=CC1)c1cc2ccccc2c2ccccc12.[O-]C(=NC1=CC=CC1)c1cccc2cc3ccccc3cc12.[O-]C(=NC1=CC=CC1)c1cccc2ccccc12.[O-]C(=Nc1ccc2cc3ccccc3cc2c1)C1=CC=CC1.[O-]C(=Nc1ccccn1)c1ccccc1. The fourth-order valence-electron chi connectivity index (χ4n) is 16.0. The topological polar surface area (TPSA) is 267 Å². The standard InChI is InChI=1S/4C20H15NO.C16H13NO.2C12H10N2O/c22-20(21-16-9-3-4-10-16)19-17-11-5-1-7-14(17)13-15-8-2-6-12-18(15)19;22-20(21-15-8-2-3-9-15)19-13-14-7-1-4-10-16(14)17-11-5-6-12-18(17)19;22-20(21-17-9-3-4-10-17)18-11-5-8-16-12-14-6-1-2-7-15(14)13-19(16)18;22-20(14-5-1-2-6-14)21-19-10-9-17-11-15-7-3-4-8-16(15)12-18(17)13-19;18-16(17-13-8-2-3-9-13)15-11-5-7-12-6-1-4-10-14(12)15;15-12(11-8-4-5-9-13-11)14-10-6-2-1-3-7-10;15-12(10-6-2-1-3-7-10)14-11-8-4-5-9-13-11/h1-9,11-13H,10H2,(H,21,22);1-8,10-13H,9H2,(H,21,22);1-9,11-13H,10H2,(H,21,22);1-5,7-13H,6H2,(H,21,22);1-8,10-11H,9H2,(H,17,18);1-9H,(H,14,15);1-9H,(H,13,14,15)/p-6. The Balaban J connectivity index is 0.000000111. The molecule has 0 saturated carbocycles. The number of aliphatic imine (C=N–C) groups is 6. The van der Waals surface area contributed by atoms with Crippen molar-refractivity contribution < 1.29 is 35.4 Å². The highest BCUT2D eigenvalue weighted by molar-refractivity contribution is 6.19. The third-order valence-corrected chi connectivity index (χ3v) is 22.7. The molecule has 16 heteroatoms. The van der Waals surface area contributed by atoms with Gasteiger partial charge in [-0.25, -0.2) is 9.98 Å². The summed E-state index contributed by atoms with van der Waals surface area (Å²) in [5, 5.41) is 96.0. The van der Waals surface area contributed by atoms with Gasteiger partial charge in [-0.15, -0.1) is 0 Å². The fraction of sp³-hybridized carbons (Fsp3) is 0.0417. The number of fused-ring (bicyclic) bond motifs is 10. The zero-order valence-electron chi connectivity index (χ0n) is 73.8. The van der Waals surface area contributed by atoms with Crippen LogP contribution in [0.15, 0.2) is 520 Å². The quantitative estimate of drug-likeness (QED) is 0.0468. The summed E-state index contributed by atoms with van der Waals surface area (Å²) in [5.74, 6) is -0.843. The Kier molecular flexibility index (Phi) is 29.0. The van der Waals surface area contributed by atoms with Gasteiger partial charge in [-0.2, -0.15) is 0 Å². The van der Waals surface area contributed by atoms with Gasteiger partial charge in [0.15, 0.2) is 5.82 Å². The molecule has 2 aromatic heterocycles. The molecule has 18 aromatic rings. The van der Waals surface area contributed by atoms with Crippen molar-refractivity contribution in [2.24, 2.45) is 30.0 Å². The molecule has 0 saturated heterocycles. The van der Waals surface area contributed by atoms with Crippen molar-refractivity contribution in [2.45, 2.75) is 32.1 Å².